The highest BCUT2D eigenvalue weighted by Crippen LogP contribution is 2.10. The van der Waals surface area contributed by atoms with Gasteiger partial charge in [-0.3, -0.25) is 0 Å². The summed E-state index contributed by atoms with van der Waals surface area (Å²) in [5.74, 6) is 0. The van der Waals surface area contributed by atoms with E-state index in [9.17, 15) is 0 Å². The van der Waals surface area contributed by atoms with E-state index in [4.69, 9.17) is 24.8 Å². The quantitative estimate of drug-likeness (QED) is 0.453. The zero-order valence-electron chi connectivity index (χ0n) is 6.01. The van der Waals surface area contributed by atoms with Gasteiger partial charge in [0, 0.05) is 0 Å². The topological polar surface area (TPSA) is 79.2 Å². The Labute approximate surface area is 64.2 Å². The second-order valence-corrected chi connectivity index (χ2v) is 2.35. The third-order valence-electron chi connectivity index (χ3n) is 1.51. The first kappa shape index (κ1) is 8.89. The van der Waals surface area contributed by atoms with E-state index >= 15 is 0 Å². The predicted molar refractivity (Wildman–Crippen MR) is 34.8 cm³/mol. The summed E-state index contributed by atoms with van der Waals surface area (Å²) in [5, 5.41) is 26.5. The fourth-order valence-electron chi connectivity index (χ4n) is 0.863. The maximum absolute atomic E-state index is 9.16. The lowest BCUT2D eigenvalue weighted by Gasteiger charge is -2.20. The summed E-state index contributed by atoms with van der Waals surface area (Å²) in [4.78, 5) is 0. The van der Waals surface area contributed by atoms with Gasteiger partial charge in [-0.25, -0.2) is 0 Å². The molecule has 0 amide bonds. The molecule has 1 aliphatic heterocycles. The standard InChI is InChI=1S/C6H12O5/c7-3-4(8)5(9)6-10-1-2-11-6/h4-9H,1-3H2/t4-,5-/m0/s1. The van der Waals surface area contributed by atoms with Crippen LogP contribution in [0.3, 0.4) is 0 Å². The molecule has 0 saturated carbocycles. The van der Waals surface area contributed by atoms with E-state index in [1.165, 1.54) is 0 Å². The summed E-state index contributed by atoms with van der Waals surface area (Å²) in [6.45, 7) is 0.337. The minimum absolute atomic E-state index is 0.417. The third-order valence-corrected chi connectivity index (χ3v) is 1.51. The fraction of sp³-hybridized carbons (Fsp3) is 1.00. The summed E-state index contributed by atoms with van der Waals surface area (Å²) in [6.07, 6.45) is -3.15. The highest BCUT2D eigenvalue weighted by atomic mass is 16.7. The van der Waals surface area contributed by atoms with Crippen LogP contribution in [0, 0.1) is 0 Å². The predicted octanol–water partition coefficient (Wildman–Crippen LogP) is -1.93. The molecule has 0 bridgehead atoms. The van der Waals surface area contributed by atoms with Crippen molar-refractivity contribution < 1.29 is 24.8 Å². The van der Waals surface area contributed by atoms with Crippen LogP contribution in [0.4, 0.5) is 0 Å². The van der Waals surface area contributed by atoms with Crippen molar-refractivity contribution in [2.45, 2.75) is 18.5 Å². The minimum atomic E-state index is -1.20. The van der Waals surface area contributed by atoms with E-state index < -0.39 is 25.1 Å². The second-order valence-electron chi connectivity index (χ2n) is 2.35. The van der Waals surface area contributed by atoms with Gasteiger partial charge >= 0.3 is 0 Å². The Bertz CT molecular complexity index is 112. The average molecular weight is 164 g/mol. The van der Waals surface area contributed by atoms with Crippen molar-refractivity contribution in [3.05, 3.63) is 0 Å². The summed E-state index contributed by atoms with van der Waals surface area (Å²) in [5.41, 5.74) is 0. The van der Waals surface area contributed by atoms with Gasteiger partial charge in [0.05, 0.1) is 19.8 Å². The molecule has 0 radical (unpaired) electrons. The van der Waals surface area contributed by atoms with Gasteiger partial charge in [-0.05, 0) is 0 Å². The molecule has 11 heavy (non-hydrogen) atoms. The van der Waals surface area contributed by atoms with Crippen LogP contribution in [0.25, 0.3) is 0 Å². The molecular weight excluding hydrogens is 152 g/mol. The Hall–Kier alpha value is -0.200. The smallest absolute Gasteiger partial charge is 0.186 e. The largest absolute Gasteiger partial charge is 0.394 e. The van der Waals surface area contributed by atoms with Crippen molar-refractivity contribution >= 4 is 0 Å². The normalized spacial score (nSPS) is 25.4. The van der Waals surface area contributed by atoms with E-state index in [0.29, 0.717) is 13.2 Å². The molecule has 1 heterocycles. The Kier molecular flexibility index (Phi) is 3.22. The van der Waals surface area contributed by atoms with Crippen molar-refractivity contribution in [2.24, 2.45) is 0 Å². The molecule has 5 heteroatoms. The lowest BCUT2D eigenvalue weighted by molar-refractivity contribution is -0.161. The first-order valence-corrected chi connectivity index (χ1v) is 3.46. The number of ether oxygens (including phenoxy) is 2. The highest BCUT2D eigenvalue weighted by molar-refractivity contribution is 4.71. The van der Waals surface area contributed by atoms with Gasteiger partial charge < -0.3 is 24.8 Å². The molecule has 0 spiro atoms. The van der Waals surface area contributed by atoms with E-state index in [1.807, 2.05) is 0 Å². The van der Waals surface area contributed by atoms with Crippen LogP contribution in [0.5, 0.6) is 0 Å². The molecule has 2 atom stereocenters. The van der Waals surface area contributed by atoms with Gasteiger partial charge in [0.15, 0.2) is 6.29 Å². The first-order chi connectivity index (χ1) is 5.25. The Balaban J connectivity index is 2.32. The Morgan fingerprint density at radius 3 is 2.27 bits per heavy atom. The molecule has 66 valence electrons. The molecule has 0 aliphatic carbocycles. The van der Waals surface area contributed by atoms with Crippen LogP contribution in [-0.4, -0.2) is 53.6 Å². The SMILES string of the molecule is OC[C@H](O)[C@H](O)C1OCCO1. The molecule has 0 aromatic rings. The van der Waals surface area contributed by atoms with Gasteiger partial charge in [-0.1, -0.05) is 0 Å². The van der Waals surface area contributed by atoms with Crippen LogP contribution in [0.15, 0.2) is 0 Å². The highest BCUT2D eigenvalue weighted by Gasteiger charge is 2.30. The molecule has 0 unspecified atom stereocenters. The van der Waals surface area contributed by atoms with Gasteiger partial charge in [-0.15, -0.1) is 0 Å². The average Bonchev–Trinajstić information content (AvgIpc) is 2.53. The van der Waals surface area contributed by atoms with Gasteiger partial charge in [0.2, 0.25) is 0 Å². The van der Waals surface area contributed by atoms with Crippen molar-refractivity contribution in [2.75, 3.05) is 19.8 Å². The lowest BCUT2D eigenvalue weighted by atomic mass is 10.2. The van der Waals surface area contributed by atoms with E-state index in [1.54, 1.807) is 0 Å². The van der Waals surface area contributed by atoms with Crippen molar-refractivity contribution in [3.63, 3.8) is 0 Å². The molecule has 0 aromatic carbocycles. The van der Waals surface area contributed by atoms with Crippen LogP contribution in [0.2, 0.25) is 0 Å². The maximum Gasteiger partial charge on any atom is 0.186 e. The van der Waals surface area contributed by atoms with Gasteiger partial charge in [-0.2, -0.15) is 0 Å². The third kappa shape index (κ3) is 2.11. The Morgan fingerprint density at radius 1 is 1.27 bits per heavy atom. The fourth-order valence-corrected chi connectivity index (χ4v) is 0.863. The van der Waals surface area contributed by atoms with E-state index in [-0.39, 0.29) is 0 Å². The van der Waals surface area contributed by atoms with Gasteiger partial charge in [0.1, 0.15) is 12.2 Å². The zero-order chi connectivity index (χ0) is 8.27. The summed E-state index contributed by atoms with van der Waals surface area (Å²) in [7, 11) is 0. The molecule has 0 aromatic heterocycles. The van der Waals surface area contributed by atoms with Gasteiger partial charge in [0.25, 0.3) is 0 Å². The molecular formula is C6H12O5. The number of aliphatic hydroxyl groups is 3. The van der Waals surface area contributed by atoms with Crippen LogP contribution >= 0.6 is 0 Å². The number of aliphatic hydroxyl groups excluding tert-OH is 3. The number of hydrogen-bond acceptors (Lipinski definition) is 5. The van der Waals surface area contributed by atoms with Crippen molar-refractivity contribution in [1.82, 2.24) is 0 Å². The zero-order valence-corrected chi connectivity index (χ0v) is 6.01. The summed E-state index contributed by atoms with van der Waals surface area (Å²) < 4.78 is 9.79. The number of hydrogen-bond donors (Lipinski definition) is 3. The molecule has 3 N–H and O–H groups in total. The first-order valence-electron chi connectivity index (χ1n) is 3.46. The van der Waals surface area contributed by atoms with Crippen LogP contribution in [-0.2, 0) is 9.47 Å². The summed E-state index contributed by atoms with van der Waals surface area (Å²) >= 11 is 0. The van der Waals surface area contributed by atoms with Crippen LogP contribution < -0.4 is 0 Å². The summed E-state index contributed by atoms with van der Waals surface area (Å²) in [6, 6.07) is 0. The second kappa shape index (κ2) is 3.99. The monoisotopic (exact) mass is 164 g/mol. The lowest BCUT2D eigenvalue weighted by Crippen LogP contribution is -2.39. The van der Waals surface area contributed by atoms with Crippen molar-refractivity contribution in [1.29, 1.82) is 0 Å². The molecule has 1 aliphatic rings. The molecule has 1 rings (SSSR count). The van der Waals surface area contributed by atoms with E-state index in [2.05, 4.69) is 0 Å². The number of rotatable bonds is 3. The molecule has 5 nitrogen and oxygen atoms in total. The molecule has 1 saturated heterocycles. The minimum Gasteiger partial charge on any atom is -0.394 e. The molecule has 1 fully saturated rings. The van der Waals surface area contributed by atoms with Crippen molar-refractivity contribution in [3.8, 4) is 0 Å². The maximum atomic E-state index is 9.16. The Morgan fingerprint density at radius 2 is 1.82 bits per heavy atom. The van der Waals surface area contributed by atoms with E-state index in [0.717, 1.165) is 0 Å². The van der Waals surface area contributed by atoms with Crippen LogP contribution in [0.1, 0.15) is 0 Å².